The Morgan fingerprint density at radius 2 is 1.96 bits per heavy atom. The van der Waals surface area contributed by atoms with Crippen LogP contribution in [0.5, 0.6) is 0 Å². The molecule has 4 saturated carbocycles. The van der Waals surface area contributed by atoms with Crippen LogP contribution in [-0.2, 0) is 11.3 Å². The van der Waals surface area contributed by atoms with E-state index < -0.39 is 16.6 Å². The molecule has 6 rings (SSSR count). The maximum absolute atomic E-state index is 14.4. The predicted molar refractivity (Wildman–Crippen MR) is 98.9 cm³/mol. The summed E-state index contributed by atoms with van der Waals surface area (Å²) in [7, 11) is 0. The van der Waals surface area contributed by atoms with Crippen molar-refractivity contribution in [3.63, 3.8) is 0 Å². The van der Waals surface area contributed by atoms with E-state index in [0.717, 1.165) is 0 Å². The molecule has 0 saturated heterocycles. The van der Waals surface area contributed by atoms with E-state index in [-0.39, 0.29) is 24.2 Å². The number of rotatable bonds is 4. The van der Waals surface area contributed by atoms with E-state index in [1.165, 1.54) is 12.4 Å². The van der Waals surface area contributed by atoms with Gasteiger partial charge in [-0.2, -0.15) is 0 Å². The summed E-state index contributed by atoms with van der Waals surface area (Å²) in [4.78, 5) is 17.0. The molecule has 4 aliphatic rings. The zero-order chi connectivity index (χ0) is 19.6. The zero-order valence-corrected chi connectivity index (χ0v) is 15.6. The quantitative estimate of drug-likeness (QED) is 0.752. The molecule has 0 radical (unpaired) electrons. The molecule has 0 aliphatic heterocycles. The van der Waals surface area contributed by atoms with Gasteiger partial charge in [0.2, 0.25) is 5.91 Å². The predicted octanol–water partition coefficient (Wildman–Crippen LogP) is 2.07. The third kappa shape index (κ3) is 2.84. The van der Waals surface area contributed by atoms with Crippen molar-refractivity contribution in [3.05, 3.63) is 48.3 Å². The molecule has 3 N–H and O–H groups in total. The summed E-state index contributed by atoms with van der Waals surface area (Å²) in [6, 6.07) is 4.85. The van der Waals surface area contributed by atoms with Gasteiger partial charge in [0.1, 0.15) is 5.82 Å². The molecule has 1 heterocycles. The van der Waals surface area contributed by atoms with Crippen molar-refractivity contribution in [2.24, 2.45) is 11.3 Å². The Kier molecular flexibility index (Phi) is 3.74. The molecule has 6 nitrogen and oxygen atoms in total. The van der Waals surface area contributed by atoms with Crippen LogP contribution >= 0.6 is 0 Å². The second kappa shape index (κ2) is 5.87. The Morgan fingerprint density at radius 1 is 1.21 bits per heavy atom. The van der Waals surface area contributed by atoms with Crippen LogP contribution in [0.4, 0.5) is 4.39 Å². The molecule has 1 aromatic heterocycles. The van der Waals surface area contributed by atoms with E-state index in [0.29, 0.717) is 49.8 Å². The van der Waals surface area contributed by atoms with E-state index in [1.54, 1.807) is 29.1 Å². The van der Waals surface area contributed by atoms with E-state index in [9.17, 15) is 19.4 Å². The third-order valence-corrected chi connectivity index (χ3v) is 6.74. The number of imidazole rings is 1. The van der Waals surface area contributed by atoms with Crippen LogP contribution in [0.2, 0.25) is 0 Å². The Morgan fingerprint density at radius 3 is 2.57 bits per heavy atom. The summed E-state index contributed by atoms with van der Waals surface area (Å²) in [5.74, 6) is -0.348. The molecule has 0 spiro atoms. The van der Waals surface area contributed by atoms with E-state index in [1.807, 2.05) is 0 Å². The van der Waals surface area contributed by atoms with Crippen LogP contribution < -0.4 is 5.32 Å². The van der Waals surface area contributed by atoms with Crippen molar-refractivity contribution in [1.29, 1.82) is 0 Å². The van der Waals surface area contributed by atoms with Crippen LogP contribution in [0.25, 0.3) is 5.69 Å². The summed E-state index contributed by atoms with van der Waals surface area (Å²) in [5, 5.41) is 24.6. The average molecular weight is 385 g/mol. The highest BCUT2D eigenvalue weighted by Crippen LogP contribution is 2.63. The molecule has 7 heteroatoms. The Balaban J connectivity index is 1.31. The summed E-state index contributed by atoms with van der Waals surface area (Å²) in [6.07, 6.45) is 8.00. The molecule has 2 aromatic rings. The number of nitrogens with one attached hydrogen (secondary N) is 1. The number of carbonyl (C=O) groups is 1. The number of carbonyl (C=O) groups excluding carboxylic acids is 1. The minimum atomic E-state index is -0.940. The number of halogens is 1. The highest BCUT2D eigenvalue weighted by atomic mass is 19.1. The van der Waals surface area contributed by atoms with Gasteiger partial charge in [0.15, 0.2) is 0 Å². The maximum Gasteiger partial charge on any atom is 0.226 e. The first-order valence-electron chi connectivity index (χ1n) is 9.78. The van der Waals surface area contributed by atoms with Gasteiger partial charge in [-0.25, -0.2) is 9.37 Å². The number of hydrogen-bond acceptors (Lipinski definition) is 4. The number of hydrogen-bond donors (Lipinski definition) is 3. The van der Waals surface area contributed by atoms with Crippen LogP contribution in [0.1, 0.15) is 44.1 Å². The maximum atomic E-state index is 14.4. The van der Waals surface area contributed by atoms with Gasteiger partial charge in [-0.15, -0.1) is 0 Å². The Bertz CT molecular complexity index is 911. The van der Waals surface area contributed by atoms with E-state index in [2.05, 4.69) is 10.3 Å². The monoisotopic (exact) mass is 385 g/mol. The highest BCUT2D eigenvalue weighted by Gasteiger charge is 2.65. The van der Waals surface area contributed by atoms with Crippen LogP contribution in [0, 0.1) is 17.2 Å². The third-order valence-electron chi connectivity index (χ3n) is 6.74. The van der Waals surface area contributed by atoms with Crippen molar-refractivity contribution >= 4 is 5.91 Å². The van der Waals surface area contributed by atoms with Crippen molar-refractivity contribution < 1.29 is 19.4 Å². The van der Waals surface area contributed by atoms with Crippen LogP contribution in [0.3, 0.4) is 0 Å². The fraction of sp³-hybridized carbons (Fsp3) is 0.524. The zero-order valence-electron chi connectivity index (χ0n) is 15.6. The summed E-state index contributed by atoms with van der Waals surface area (Å²) in [5.41, 5.74) is -1.54. The van der Waals surface area contributed by atoms with Gasteiger partial charge < -0.3 is 20.1 Å². The van der Waals surface area contributed by atoms with Crippen molar-refractivity contribution in [2.45, 2.75) is 56.3 Å². The Labute approximate surface area is 162 Å². The fourth-order valence-electron chi connectivity index (χ4n) is 6.23. The minimum absolute atomic E-state index is 0.146. The average Bonchev–Trinajstić information content (AvgIpc) is 3.10. The number of nitrogens with zero attached hydrogens (tertiary/aromatic N) is 2. The summed E-state index contributed by atoms with van der Waals surface area (Å²) >= 11 is 0. The number of benzene rings is 1. The second-order valence-electron chi connectivity index (χ2n) is 9.18. The number of amides is 1. The fourth-order valence-corrected chi connectivity index (χ4v) is 6.23. The lowest BCUT2D eigenvalue weighted by atomic mass is 9.46. The SMILES string of the molecule is O=C(NCc1ccc(-n2ccnc2)c(F)c1)C12CC3CC(O)(CC(O)(C3)C1)C2. The van der Waals surface area contributed by atoms with E-state index >= 15 is 0 Å². The first kappa shape index (κ1) is 17.8. The Hall–Kier alpha value is -2.25. The summed E-state index contributed by atoms with van der Waals surface area (Å²) < 4.78 is 16.0. The van der Waals surface area contributed by atoms with Gasteiger partial charge in [0.05, 0.1) is 28.6 Å². The van der Waals surface area contributed by atoms with Gasteiger partial charge in [0, 0.05) is 25.4 Å². The van der Waals surface area contributed by atoms with Crippen LogP contribution in [-0.4, -0.2) is 36.9 Å². The van der Waals surface area contributed by atoms with Gasteiger partial charge in [-0.3, -0.25) is 4.79 Å². The first-order valence-corrected chi connectivity index (χ1v) is 9.78. The topological polar surface area (TPSA) is 87.4 Å². The van der Waals surface area contributed by atoms with Crippen molar-refractivity contribution in [1.82, 2.24) is 14.9 Å². The molecule has 1 amide bonds. The van der Waals surface area contributed by atoms with Gasteiger partial charge in [-0.1, -0.05) is 6.07 Å². The normalized spacial score (nSPS) is 35.9. The first-order chi connectivity index (χ1) is 13.3. The smallest absolute Gasteiger partial charge is 0.226 e. The lowest BCUT2D eigenvalue weighted by molar-refractivity contribution is -0.228. The molecule has 4 aliphatic carbocycles. The molecular formula is C21H24FN3O3. The molecule has 148 valence electrons. The molecule has 2 unspecified atom stereocenters. The molecule has 2 atom stereocenters. The molecule has 1 aromatic carbocycles. The van der Waals surface area contributed by atoms with Gasteiger partial charge in [-0.05, 0) is 55.7 Å². The summed E-state index contributed by atoms with van der Waals surface area (Å²) in [6.45, 7) is 0.212. The lowest BCUT2D eigenvalue weighted by Gasteiger charge is -2.62. The number of aliphatic hydroxyl groups is 2. The molecule has 28 heavy (non-hydrogen) atoms. The highest BCUT2D eigenvalue weighted by molar-refractivity contribution is 5.83. The van der Waals surface area contributed by atoms with Crippen molar-refractivity contribution in [3.8, 4) is 5.69 Å². The molecule has 4 bridgehead atoms. The van der Waals surface area contributed by atoms with Crippen LogP contribution in [0.15, 0.2) is 36.9 Å². The minimum Gasteiger partial charge on any atom is -0.390 e. The number of aromatic nitrogens is 2. The molecular weight excluding hydrogens is 361 g/mol. The van der Waals surface area contributed by atoms with Crippen molar-refractivity contribution in [2.75, 3.05) is 0 Å². The van der Waals surface area contributed by atoms with Gasteiger partial charge >= 0.3 is 0 Å². The van der Waals surface area contributed by atoms with Gasteiger partial charge in [0.25, 0.3) is 0 Å². The van der Waals surface area contributed by atoms with E-state index in [4.69, 9.17) is 0 Å². The standard InChI is InChI=1S/C21H24FN3O3/c22-16-5-14(1-2-17(16)25-4-3-23-13-25)9-24-18(26)19-6-15-7-20(27,10-19)12-21(28,8-15)11-19/h1-5,13,15,27-28H,6-12H2,(H,24,26). The second-order valence-corrected chi connectivity index (χ2v) is 9.18. The largest absolute Gasteiger partial charge is 0.390 e. The lowest BCUT2D eigenvalue weighted by Crippen LogP contribution is -2.66. The molecule has 4 fully saturated rings.